The van der Waals surface area contributed by atoms with Crippen LogP contribution in [0.1, 0.15) is 47.1 Å². The van der Waals surface area contributed by atoms with Crippen LogP contribution in [0.15, 0.2) is 0 Å². The van der Waals surface area contributed by atoms with E-state index in [1.807, 2.05) is 0 Å². The summed E-state index contributed by atoms with van der Waals surface area (Å²) in [6.45, 7) is 0. The van der Waals surface area contributed by atoms with Crippen LogP contribution in [0.5, 0.6) is 0 Å². The smallest absolute Gasteiger partial charge is 0.359 e. The first-order valence-electron chi connectivity index (χ1n) is 6.07. The largest absolute Gasteiger partial charge is 0.464 e. The number of thiazole rings is 1. The molecule has 0 aromatic carbocycles. The third-order valence-electron chi connectivity index (χ3n) is 3.99. The van der Waals surface area contributed by atoms with Gasteiger partial charge in [-0.1, -0.05) is 12.8 Å². The first-order chi connectivity index (χ1) is 8.22. The van der Waals surface area contributed by atoms with Crippen molar-refractivity contribution in [2.45, 2.75) is 31.6 Å². The van der Waals surface area contributed by atoms with Crippen LogP contribution >= 0.6 is 11.3 Å². The van der Waals surface area contributed by atoms with Gasteiger partial charge in [0.05, 0.1) is 12.1 Å². The van der Waals surface area contributed by atoms with Gasteiger partial charge < -0.3 is 10.5 Å². The average Bonchev–Trinajstić information content (AvgIpc) is 2.96. The van der Waals surface area contributed by atoms with Crippen LogP contribution in [-0.2, 0) is 4.74 Å². The van der Waals surface area contributed by atoms with Crippen molar-refractivity contribution in [2.75, 3.05) is 12.8 Å². The van der Waals surface area contributed by atoms with Crippen LogP contribution in [0, 0.1) is 11.8 Å². The molecule has 17 heavy (non-hydrogen) atoms. The molecule has 92 valence electrons. The average molecular weight is 252 g/mol. The fourth-order valence-corrected chi connectivity index (χ4v) is 4.17. The SMILES string of the molecule is COC(=O)c1nc(C2C3CCCCC32)sc1N. The van der Waals surface area contributed by atoms with Crippen molar-refractivity contribution in [2.24, 2.45) is 11.8 Å². The highest BCUT2D eigenvalue weighted by atomic mass is 32.1. The predicted molar refractivity (Wildman–Crippen MR) is 66.1 cm³/mol. The fourth-order valence-electron chi connectivity index (χ4n) is 3.09. The van der Waals surface area contributed by atoms with E-state index in [0.29, 0.717) is 16.6 Å². The Labute approximate surface area is 104 Å². The molecule has 1 heterocycles. The van der Waals surface area contributed by atoms with Gasteiger partial charge in [0.25, 0.3) is 0 Å². The second-order valence-electron chi connectivity index (χ2n) is 4.89. The molecule has 2 atom stereocenters. The normalized spacial score (nSPS) is 30.8. The van der Waals surface area contributed by atoms with Crippen molar-refractivity contribution in [1.29, 1.82) is 0 Å². The molecule has 0 saturated heterocycles. The van der Waals surface area contributed by atoms with Crippen molar-refractivity contribution in [3.63, 3.8) is 0 Å². The van der Waals surface area contributed by atoms with E-state index >= 15 is 0 Å². The highest BCUT2D eigenvalue weighted by Gasteiger charge is 2.53. The minimum absolute atomic E-state index is 0.302. The Hall–Kier alpha value is -1.10. The highest BCUT2D eigenvalue weighted by Crippen LogP contribution is 2.62. The van der Waals surface area contributed by atoms with Gasteiger partial charge in [0, 0.05) is 5.92 Å². The van der Waals surface area contributed by atoms with Crippen LogP contribution in [0.25, 0.3) is 0 Å². The predicted octanol–water partition coefficient (Wildman–Crippen LogP) is 2.42. The number of rotatable bonds is 2. The van der Waals surface area contributed by atoms with E-state index in [4.69, 9.17) is 5.73 Å². The Morgan fingerprint density at radius 1 is 1.41 bits per heavy atom. The minimum Gasteiger partial charge on any atom is -0.464 e. The van der Waals surface area contributed by atoms with Crippen molar-refractivity contribution >= 4 is 22.3 Å². The molecule has 0 radical (unpaired) electrons. The molecule has 1 aromatic rings. The lowest BCUT2D eigenvalue weighted by Crippen LogP contribution is -2.04. The number of carbonyl (C=O) groups excluding carboxylic acids is 1. The third-order valence-corrected chi connectivity index (χ3v) is 4.98. The number of nitrogens with two attached hydrogens (primary N) is 1. The summed E-state index contributed by atoms with van der Waals surface area (Å²) < 4.78 is 4.67. The zero-order valence-corrected chi connectivity index (χ0v) is 10.6. The summed E-state index contributed by atoms with van der Waals surface area (Å²) in [6, 6.07) is 0. The van der Waals surface area contributed by atoms with Gasteiger partial charge in [-0.3, -0.25) is 0 Å². The maximum absolute atomic E-state index is 11.4. The second-order valence-corrected chi connectivity index (χ2v) is 5.96. The highest BCUT2D eigenvalue weighted by molar-refractivity contribution is 7.16. The summed E-state index contributed by atoms with van der Waals surface area (Å²) in [5, 5.41) is 1.54. The van der Waals surface area contributed by atoms with Crippen LogP contribution in [-0.4, -0.2) is 18.1 Å². The van der Waals surface area contributed by atoms with E-state index in [1.54, 1.807) is 0 Å². The number of carbonyl (C=O) groups is 1. The number of anilines is 1. The molecule has 0 amide bonds. The number of esters is 1. The van der Waals surface area contributed by atoms with Gasteiger partial charge in [-0.05, 0) is 24.7 Å². The van der Waals surface area contributed by atoms with E-state index in [-0.39, 0.29) is 0 Å². The number of methoxy groups -OCH3 is 1. The topological polar surface area (TPSA) is 65.2 Å². The number of aromatic nitrogens is 1. The lowest BCUT2D eigenvalue weighted by atomic mass is 10.0. The first-order valence-corrected chi connectivity index (χ1v) is 6.88. The Morgan fingerprint density at radius 2 is 2.06 bits per heavy atom. The van der Waals surface area contributed by atoms with E-state index < -0.39 is 5.97 Å². The molecule has 4 nitrogen and oxygen atoms in total. The van der Waals surface area contributed by atoms with Gasteiger partial charge in [-0.25, -0.2) is 9.78 Å². The van der Waals surface area contributed by atoms with Gasteiger partial charge in [-0.2, -0.15) is 0 Å². The summed E-state index contributed by atoms with van der Waals surface area (Å²) in [5.41, 5.74) is 6.13. The van der Waals surface area contributed by atoms with Crippen molar-refractivity contribution < 1.29 is 9.53 Å². The zero-order chi connectivity index (χ0) is 12.0. The number of fused-ring (bicyclic) bond motifs is 1. The molecule has 2 aliphatic rings. The van der Waals surface area contributed by atoms with Crippen molar-refractivity contribution in [3.05, 3.63) is 10.7 Å². The molecule has 0 spiro atoms. The molecule has 5 heteroatoms. The minimum atomic E-state index is -0.423. The second kappa shape index (κ2) is 3.98. The van der Waals surface area contributed by atoms with Gasteiger partial charge >= 0.3 is 5.97 Å². The molecule has 1 aromatic heterocycles. The molecule has 0 aliphatic heterocycles. The maximum atomic E-state index is 11.4. The van der Waals surface area contributed by atoms with Crippen molar-refractivity contribution in [1.82, 2.24) is 4.98 Å². The lowest BCUT2D eigenvalue weighted by Gasteiger charge is -2.04. The Balaban J connectivity index is 1.83. The summed E-state index contributed by atoms with van der Waals surface area (Å²) in [6.07, 6.45) is 5.29. The Kier molecular flexibility index (Phi) is 2.58. The molecule has 2 saturated carbocycles. The summed E-state index contributed by atoms with van der Waals surface area (Å²) in [7, 11) is 1.36. The molecule has 2 aliphatic carbocycles. The lowest BCUT2D eigenvalue weighted by molar-refractivity contribution is 0.0596. The standard InChI is InChI=1S/C12H16N2O2S/c1-16-12(15)9-10(13)17-11(14-9)8-6-4-2-3-5-7(6)8/h6-8H,2-5,13H2,1H3. The van der Waals surface area contributed by atoms with Crippen LogP contribution in [0.4, 0.5) is 5.00 Å². The monoisotopic (exact) mass is 252 g/mol. The molecule has 3 rings (SSSR count). The van der Waals surface area contributed by atoms with E-state index in [2.05, 4.69) is 9.72 Å². The number of ether oxygens (including phenoxy) is 1. The molecule has 2 fully saturated rings. The molecular formula is C12H16N2O2S. The maximum Gasteiger partial charge on any atom is 0.359 e. The fraction of sp³-hybridized carbons (Fsp3) is 0.667. The summed E-state index contributed by atoms with van der Waals surface area (Å²) in [5.74, 6) is 1.72. The third kappa shape index (κ3) is 1.73. The van der Waals surface area contributed by atoms with Gasteiger partial charge in [0.1, 0.15) is 5.00 Å². The molecule has 0 bridgehead atoms. The van der Waals surface area contributed by atoms with Crippen LogP contribution in [0.3, 0.4) is 0 Å². The number of nitrogens with zero attached hydrogens (tertiary/aromatic N) is 1. The Bertz CT molecular complexity index is 445. The zero-order valence-electron chi connectivity index (χ0n) is 9.81. The first kappa shape index (κ1) is 11.0. The number of hydrogen-bond donors (Lipinski definition) is 1. The van der Waals surface area contributed by atoms with E-state index in [0.717, 1.165) is 16.8 Å². The number of nitrogen functional groups attached to an aromatic ring is 1. The van der Waals surface area contributed by atoms with Gasteiger partial charge in [0.15, 0.2) is 5.69 Å². The Morgan fingerprint density at radius 3 is 2.65 bits per heavy atom. The molecular weight excluding hydrogens is 236 g/mol. The number of hydrogen-bond acceptors (Lipinski definition) is 5. The van der Waals surface area contributed by atoms with Crippen molar-refractivity contribution in [3.8, 4) is 0 Å². The molecule has 2 unspecified atom stereocenters. The quantitative estimate of drug-likeness (QED) is 0.821. The van der Waals surface area contributed by atoms with Gasteiger partial charge in [-0.15, -0.1) is 11.3 Å². The summed E-state index contributed by atoms with van der Waals surface area (Å²) >= 11 is 1.46. The van der Waals surface area contributed by atoms with Crippen LogP contribution in [0.2, 0.25) is 0 Å². The van der Waals surface area contributed by atoms with Crippen LogP contribution < -0.4 is 5.73 Å². The van der Waals surface area contributed by atoms with Gasteiger partial charge in [0.2, 0.25) is 0 Å². The van der Waals surface area contributed by atoms with E-state index in [9.17, 15) is 4.79 Å². The molecule has 2 N–H and O–H groups in total. The summed E-state index contributed by atoms with van der Waals surface area (Å²) in [4.78, 5) is 15.8. The van der Waals surface area contributed by atoms with E-state index in [1.165, 1.54) is 44.1 Å².